The van der Waals surface area contributed by atoms with Gasteiger partial charge in [0.1, 0.15) is 18.2 Å². The van der Waals surface area contributed by atoms with Gasteiger partial charge in [-0.05, 0) is 42.8 Å². The molecule has 4 rings (SSSR count). The second kappa shape index (κ2) is 7.51. The van der Waals surface area contributed by atoms with Crippen molar-refractivity contribution < 1.29 is 13.2 Å². The van der Waals surface area contributed by atoms with E-state index >= 15 is 0 Å². The van der Waals surface area contributed by atoms with Gasteiger partial charge in [-0.15, -0.1) is 0 Å². The summed E-state index contributed by atoms with van der Waals surface area (Å²) < 4.78 is 30.4. The average Bonchev–Trinajstić information content (AvgIpc) is 3.01. The largest absolute Gasteiger partial charge is 0.487 e. The number of likely N-dealkylation sites (tertiary alicyclic amines) is 1. The maximum absolute atomic E-state index is 11.3. The first-order chi connectivity index (χ1) is 12.7. The van der Waals surface area contributed by atoms with Crippen LogP contribution in [0, 0.1) is 0 Å². The second-order valence-electron chi connectivity index (χ2n) is 6.65. The molecule has 2 aromatic carbocycles. The number of fused-ring (bicyclic) bond motifs is 1. The molecule has 5 nitrogen and oxygen atoms in total. The zero-order valence-corrected chi connectivity index (χ0v) is 15.4. The highest BCUT2D eigenvalue weighted by atomic mass is 32.2. The van der Waals surface area contributed by atoms with Crippen molar-refractivity contribution in [3.05, 3.63) is 65.9 Å². The molecular weight excluding hydrogens is 348 g/mol. The summed E-state index contributed by atoms with van der Waals surface area (Å²) in [5.74, 6) is 0.686. The second-order valence-corrected chi connectivity index (χ2v) is 7.60. The minimum absolute atomic E-state index is 0.0340. The van der Waals surface area contributed by atoms with E-state index in [1.165, 1.54) is 12.0 Å². The van der Waals surface area contributed by atoms with Gasteiger partial charge in [0.05, 0.1) is 5.52 Å². The average molecular weight is 370 g/mol. The van der Waals surface area contributed by atoms with Crippen LogP contribution in [-0.4, -0.2) is 31.0 Å². The Morgan fingerprint density at radius 2 is 1.81 bits per heavy atom. The van der Waals surface area contributed by atoms with Crippen LogP contribution in [0.2, 0.25) is 0 Å². The Balaban J connectivity index is 1.68. The predicted octanol–water partition coefficient (Wildman–Crippen LogP) is 2.99. The van der Waals surface area contributed by atoms with Crippen LogP contribution in [0.15, 0.2) is 54.7 Å². The van der Waals surface area contributed by atoms with Crippen molar-refractivity contribution in [2.24, 2.45) is 0 Å². The fourth-order valence-corrected chi connectivity index (χ4v) is 3.85. The molecule has 1 aliphatic rings. The summed E-state index contributed by atoms with van der Waals surface area (Å²) in [6.45, 7) is 3.60. The number of hydrogen-bond acceptors (Lipinski definition) is 4. The minimum atomic E-state index is -2.51. The number of nitrogens with zero attached hydrogens (tertiary/aromatic N) is 2. The van der Waals surface area contributed by atoms with E-state index in [-0.39, 0.29) is 5.88 Å². The maximum Gasteiger partial charge on any atom is 0.158 e. The first-order valence-corrected chi connectivity index (χ1v) is 10.2. The van der Waals surface area contributed by atoms with Gasteiger partial charge in [0, 0.05) is 18.1 Å². The molecule has 1 fully saturated rings. The van der Waals surface area contributed by atoms with E-state index in [2.05, 4.69) is 11.0 Å². The summed E-state index contributed by atoms with van der Waals surface area (Å²) in [5.41, 5.74) is 3.16. The predicted molar refractivity (Wildman–Crippen MR) is 103 cm³/mol. The zero-order valence-electron chi connectivity index (χ0n) is 14.5. The summed E-state index contributed by atoms with van der Waals surface area (Å²) in [6.07, 6.45) is 3.09. The van der Waals surface area contributed by atoms with Gasteiger partial charge in [-0.3, -0.25) is 4.90 Å². The number of rotatable bonds is 7. The van der Waals surface area contributed by atoms with E-state index < -0.39 is 10.7 Å². The normalized spacial score (nSPS) is 14.7. The fraction of sp³-hybridized carbons (Fsp3) is 0.300. The first kappa shape index (κ1) is 17.1. The van der Waals surface area contributed by atoms with Gasteiger partial charge >= 0.3 is 0 Å². The Hall–Kier alpha value is -2.31. The lowest BCUT2D eigenvalue weighted by atomic mass is 10.1. The monoisotopic (exact) mass is 370 g/mol. The van der Waals surface area contributed by atoms with Crippen LogP contribution in [-0.2, 0) is 29.7 Å². The molecule has 0 spiro atoms. The Labute approximate surface area is 154 Å². The number of ether oxygens (including phenoxy) is 1. The van der Waals surface area contributed by atoms with E-state index in [4.69, 9.17) is 4.74 Å². The molecule has 3 aromatic rings. The summed E-state index contributed by atoms with van der Waals surface area (Å²) in [4.78, 5) is 2.39. The first-order valence-electron chi connectivity index (χ1n) is 8.82. The standard InChI is InChI=1S/C20H22N2O3S/c23-26(24)15-22-12-9-18-17(13-21-10-4-11-21)7-8-19(20(18)22)25-14-16-5-2-1-3-6-16/h1-3,5-9,12,26H,4,10-11,13-15H2. The minimum Gasteiger partial charge on any atom is -0.487 e. The number of thiol groups is 1. The molecule has 6 heteroatoms. The SMILES string of the molecule is O=[SH](=O)Cn1ccc2c(CN3CCC3)ccc(OCc3ccccc3)c21. The van der Waals surface area contributed by atoms with E-state index in [1.807, 2.05) is 48.7 Å². The maximum atomic E-state index is 11.3. The molecule has 1 saturated heterocycles. The van der Waals surface area contributed by atoms with Crippen molar-refractivity contribution in [1.82, 2.24) is 9.47 Å². The summed E-state index contributed by atoms with van der Waals surface area (Å²) in [5, 5.41) is 1.07. The van der Waals surface area contributed by atoms with Crippen molar-refractivity contribution in [3.63, 3.8) is 0 Å². The lowest BCUT2D eigenvalue weighted by Gasteiger charge is -2.31. The third-order valence-electron chi connectivity index (χ3n) is 4.83. The molecule has 0 atom stereocenters. The molecule has 0 bridgehead atoms. The smallest absolute Gasteiger partial charge is 0.158 e. The van der Waals surface area contributed by atoms with Crippen LogP contribution < -0.4 is 4.74 Å². The quantitative estimate of drug-likeness (QED) is 0.650. The van der Waals surface area contributed by atoms with E-state index in [0.717, 1.165) is 41.9 Å². The van der Waals surface area contributed by atoms with E-state index in [1.54, 1.807) is 4.57 Å². The molecule has 136 valence electrons. The van der Waals surface area contributed by atoms with Crippen molar-refractivity contribution in [1.29, 1.82) is 0 Å². The Morgan fingerprint density at radius 1 is 1.00 bits per heavy atom. The van der Waals surface area contributed by atoms with Crippen LogP contribution in [0.25, 0.3) is 10.9 Å². The molecule has 0 amide bonds. The Kier molecular flexibility index (Phi) is 4.95. The third-order valence-corrected chi connectivity index (χ3v) is 5.36. The van der Waals surface area contributed by atoms with Crippen LogP contribution >= 0.6 is 0 Å². The third kappa shape index (κ3) is 3.61. The molecule has 1 aromatic heterocycles. The van der Waals surface area contributed by atoms with Crippen molar-refractivity contribution >= 4 is 21.6 Å². The number of benzene rings is 2. The fourth-order valence-electron chi connectivity index (χ4n) is 3.36. The van der Waals surface area contributed by atoms with Crippen molar-refractivity contribution in [2.75, 3.05) is 13.1 Å². The van der Waals surface area contributed by atoms with Gasteiger partial charge in [0.2, 0.25) is 0 Å². The van der Waals surface area contributed by atoms with E-state index in [9.17, 15) is 8.42 Å². The van der Waals surface area contributed by atoms with Crippen LogP contribution in [0.5, 0.6) is 5.75 Å². The number of hydrogen-bond donors (Lipinski definition) is 1. The Morgan fingerprint density at radius 3 is 2.50 bits per heavy atom. The Bertz CT molecular complexity index is 967. The topological polar surface area (TPSA) is 51.5 Å². The van der Waals surface area contributed by atoms with Gasteiger partial charge in [0.25, 0.3) is 0 Å². The van der Waals surface area contributed by atoms with Gasteiger partial charge in [-0.2, -0.15) is 0 Å². The molecule has 0 saturated carbocycles. The molecular formula is C20H22N2O3S. The molecule has 0 radical (unpaired) electrons. The van der Waals surface area contributed by atoms with Crippen LogP contribution in [0.4, 0.5) is 0 Å². The van der Waals surface area contributed by atoms with Gasteiger partial charge in [0.15, 0.2) is 10.7 Å². The highest BCUT2D eigenvalue weighted by Crippen LogP contribution is 2.32. The molecule has 26 heavy (non-hydrogen) atoms. The van der Waals surface area contributed by atoms with Gasteiger partial charge in [-0.1, -0.05) is 36.4 Å². The highest BCUT2D eigenvalue weighted by Gasteiger charge is 2.18. The molecule has 0 aliphatic carbocycles. The van der Waals surface area contributed by atoms with E-state index in [0.29, 0.717) is 6.61 Å². The van der Waals surface area contributed by atoms with Gasteiger partial charge in [-0.25, -0.2) is 8.42 Å². The number of aromatic nitrogens is 1. The summed E-state index contributed by atoms with van der Waals surface area (Å²) in [6, 6.07) is 16.0. The van der Waals surface area contributed by atoms with Crippen molar-refractivity contribution in [2.45, 2.75) is 25.4 Å². The molecule has 0 N–H and O–H groups in total. The molecule has 2 heterocycles. The summed E-state index contributed by atoms with van der Waals surface area (Å²) >= 11 is 0. The zero-order chi connectivity index (χ0) is 17.9. The summed E-state index contributed by atoms with van der Waals surface area (Å²) in [7, 11) is -2.51. The highest BCUT2D eigenvalue weighted by molar-refractivity contribution is 7.71. The van der Waals surface area contributed by atoms with Crippen molar-refractivity contribution in [3.8, 4) is 5.75 Å². The van der Waals surface area contributed by atoms with Crippen LogP contribution in [0.1, 0.15) is 17.5 Å². The molecule has 0 unspecified atom stereocenters. The van der Waals surface area contributed by atoms with Gasteiger partial charge < -0.3 is 9.30 Å². The molecule has 1 aliphatic heterocycles. The van der Waals surface area contributed by atoms with Crippen LogP contribution in [0.3, 0.4) is 0 Å². The lowest BCUT2D eigenvalue weighted by Crippen LogP contribution is -2.36. The lowest BCUT2D eigenvalue weighted by molar-refractivity contribution is 0.173.